The van der Waals surface area contributed by atoms with Gasteiger partial charge in [0.15, 0.2) is 0 Å². The highest BCUT2D eigenvalue weighted by Gasteiger charge is 2.47. The van der Waals surface area contributed by atoms with Crippen molar-refractivity contribution in [3.63, 3.8) is 0 Å². The van der Waals surface area contributed by atoms with Crippen LogP contribution in [0.4, 0.5) is 0 Å². The molecule has 0 radical (unpaired) electrons. The van der Waals surface area contributed by atoms with Crippen LogP contribution in [0.1, 0.15) is 74.3 Å². The van der Waals surface area contributed by atoms with Crippen LogP contribution in [0, 0.1) is 5.92 Å². The van der Waals surface area contributed by atoms with E-state index < -0.39 is 12.1 Å². The normalized spacial score (nSPS) is 24.8. The zero-order chi connectivity index (χ0) is 24.4. The van der Waals surface area contributed by atoms with Crippen LogP contribution in [0.5, 0.6) is 0 Å². The minimum atomic E-state index is -0.502. The number of nitrogens with zero attached hydrogens (tertiary/aromatic N) is 3. The summed E-state index contributed by atoms with van der Waals surface area (Å²) < 4.78 is 1.82. The molecule has 1 aliphatic carbocycles. The molecule has 2 aliphatic heterocycles. The van der Waals surface area contributed by atoms with Crippen molar-refractivity contribution in [2.75, 3.05) is 6.54 Å². The molecule has 2 aromatic rings. The van der Waals surface area contributed by atoms with Crippen LogP contribution in [-0.2, 0) is 16.0 Å². The van der Waals surface area contributed by atoms with E-state index in [1.807, 2.05) is 35.0 Å². The van der Waals surface area contributed by atoms with Crippen LogP contribution < -0.4 is 10.6 Å². The number of para-hydroxylation sites is 1. The molecular weight excluding hydrogens is 442 g/mol. The largest absolute Gasteiger partial charge is 0.347 e. The number of fused-ring (bicyclic) bond motifs is 1. The average molecular weight is 478 g/mol. The molecule has 8 nitrogen and oxygen atoms in total. The van der Waals surface area contributed by atoms with Gasteiger partial charge in [-0.3, -0.25) is 14.4 Å². The molecule has 1 saturated carbocycles. The number of hydrogen-bond donors (Lipinski definition) is 2. The number of nitrogens with one attached hydrogen (secondary N) is 2. The van der Waals surface area contributed by atoms with E-state index in [1.54, 1.807) is 11.1 Å². The Labute approximate surface area is 206 Å². The van der Waals surface area contributed by atoms with Crippen molar-refractivity contribution in [2.24, 2.45) is 5.92 Å². The third-order valence-corrected chi connectivity index (χ3v) is 7.73. The predicted octanol–water partition coefficient (Wildman–Crippen LogP) is 2.99. The fraction of sp³-hybridized carbons (Fsp3) is 0.556. The topological polar surface area (TPSA) is 96.3 Å². The van der Waals surface area contributed by atoms with E-state index in [9.17, 15) is 14.4 Å². The summed E-state index contributed by atoms with van der Waals surface area (Å²) in [6, 6.07) is 8.59. The summed E-state index contributed by atoms with van der Waals surface area (Å²) in [5.74, 6) is 0.212. The lowest BCUT2D eigenvalue weighted by atomic mass is 9.84. The summed E-state index contributed by atoms with van der Waals surface area (Å²) in [7, 11) is 0. The van der Waals surface area contributed by atoms with E-state index in [-0.39, 0.29) is 23.8 Å². The Morgan fingerprint density at radius 1 is 1.14 bits per heavy atom. The Morgan fingerprint density at radius 2 is 1.91 bits per heavy atom. The highest BCUT2D eigenvalue weighted by Crippen LogP contribution is 2.31. The molecule has 3 atom stereocenters. The molecule has 1 aromatic heterocycles. The predicted molar refractivity (Wildman–Crippen MR) is 132 cm³/mol. The van der Waals surface area contributed by atoms with Gasteiger partial charge < -0.3 is 15.5 Å². The standard InChI is InChI=1S/C27H35N5O3/c1-2-9-23-21(16-28-32(23)20-12-7-4-8-13-20)25(33)29-19-15-24-26(34)30-22(27(35)31(24)17-19)14-18-10-5-3-6-11-18/h4,7-8,12-13,16,18-19,22,24H,2-3,5-6,9-11,14-15,17H2,1H3,(H,29,33)(H,30,34)/t19-,22-,24-/m0/s1. The third-order valence-electron chi connectivity index (χ3n) is 7.73. The average Bonchev–Trinajstić information content (AvgIpc) is 3.49. The molecule has 2 N–H and O–H groups in total. The summed E-state index contributed by atoms with van der Waals surface area (Å²) in [6.45, 7) is 2.45. The van der Waals surface area contributed by atoms with Gasteiger partial charge in [-0.2, -0.15) is 5.10 Å². The molecule has 3 fully saturated rings. The second-order valence-corrected chi connectivity index (χ2v) is 10.2. The highest BCUT2D eigenvalue weighted by atomic mass is 16.2. The molecule has 5 rings (SSSR count). The van der Waals surface area contributed by atoms with Crippen LogP contribution in [0.3, 0.4) is 0 Å². The van der Waals surface area contributed by atoms with Gasteiger partial charge in [0.2, 0.25) is 11.8 Å². The molecule has 3 aliphatic rings. The van der Waals surface area contributed by atoms with Crippen molar-refractivity contribution >= 4 is 17.7 Å². The molecule has 3 heterocycles. The van der Waals surface area contributed by atoms with Crippen molar-refractivity contribution in [1.29, 1.82) is 0 Å². The van der Waals surface area contributed by atoms with Crippen LogP contribution in [0.25, 0.3) is 5.69 Å². The quantitative estimate of drug-likeness (QED) is 0.641. The second kappa shape index (κ2) is 10.2. The Bertz CT molecular complexity index is 1080. The summed E-state index contributed by atoms with van der Waals surface area (Å²) in [5, 5.41) is 10.6. The zero-order valence-electron chi connectivity index (χ0n) is 20.4. The first-order chi connectivity index (χ1) is 17.0. The fourth-order valence-corrected chi connectivity index (χ4v) is 5.97. The van der Waals surface area contributed by atoms with Gasteiger partial charge in [-0.1, -0.05) is 63.6 Å². The number of amides is 3. The van der Waals surface area contributed by atoms with Gasteiger partial charge in [-0.05, 0) is 37.3 Å². The van der Waals surface area contributed by atoms with Gasteiger partial charge in [-0.15, -0.1) is 0 Å². The van der Waals surface area contributed by atoms with Gasteiger partial charge in [-0.25, -0.2) is 4.68 Å². The SMILES string of the molecule is CCCc1c(C(=O)N[C@H]2C[C@H]3C(=O)N[C@@H](CC4CCCCC4)C(=O)N3C2)cnn1-c1ccccc1. The zero-order valence-corrected chi connectivity index (χ0v) is 20.4. The summed E-state index contributed by atoms with van der Waals surface area (Å²) in [4.78, 5) is 41.0. The molecule has 0 unspecified atom stereocenters. The summed E-state index contributed by atoms with van der Waals surface area (Å²) >= 11 is 0. The van der Waals surface area contributed by atoms with Gasteiger partial charge in [0.05, 0.1) is 23.1 Å². The smallest absolute Gasteiger partial charge is 0.255 e. The van der Waals surface area contributed by atoms with Crippen molar-refractivity contribution in [3.05, 3.63) is 47.8 Å². The van der Waals surface area contributed by atoms with Crippen molar-refractivity contribution in [1.82, 2.24) is 25.3 Å². The minimum absolute atomic E-state index is 0.000455. The molecule has 3 amide bonds. The van der Waals surface area contributed by atoms with E-state index in [4.69, 9.17) is 0 Å². The van der Waals surface area contributed by atoms with E-state index in [0.717, 1.165) is 43.5 Å². The van der Waals surface area contributed by atoms with Crippen LogP contribution >= 0.6 is 0 Å². The molecule has 35 heavy (non-hydrogen) atoms. The Kier molecular flexibility index (Phi) is 6.88. The number of aromatic nitrogens is 2. The summed E-state index contributed by atoms with van der Waals surface area (Å²) in [6.07, 6.45) is 10.4. The third kappa shape index (κ3) is 4.83. The van der Waals surface area contributed by atoms with Crippen LogP contribution in [0.15, 0.2) is 36.5 Å². The summed E-state index contributed by atoms with van der Waals surface area (Å²) in [5.41, 5.74) is 2.33. The van der Waals surface area contributed by atoms with Gasteiger partial charge >= 0.3 is 0 Å². The number of hydrogen-bond acceptors (Lipinski definition) is 4. The number of rotatable bonds is 7. The number of benzene rings is 1. The Balaban J connectivity index is 1.26. The Morgan fingerprint density at radius 3 is 2.66 bits per heavy atom. The van der Waals surface area contributed by atoms with Gasteiger partial charge in [0.1, 0.15) is 12.1 Å². The highest BCUT2D eigenvalue weighted by molar-refractivity contribution is 5.98. The number of carbonyl (C=O) groups excluding carboxylic acids is 3. The Hall–Kier alpha value is -3.16. The monoisotopic (exact) mass is 477 g/mol. The number of carbonyl (C=O) groups is 3. The fourth-order valence-electron chi connectivity index (χ4n) is 5.97. The maximum atomic E-state index is 13.3. The van der Waals surface area contributed by atoms with Crippen LogP contribution in [0.2, 0.25) is 0 Å². The second-order valence-electron chi connectivity index (χ2n) is 10.2. The maximum absolute atomic E-state index is 13.3. The lowest BCUT2D eigenvalue weighted by molar-refractivity contribution is -0.147. The van der Waals surface area contributed by atoms with Gasteiger partial charge in [0.25, 0.3) is 5.91 Å². The number of piperazine rings is 1. The molecular formula is C27H35N5O3. The van der Waals surface area contributed by atoms with Crippen molar-refractivity contribution < 1.29 is 14.4 Å². The lowest BCUT2D eigenvalue weighted by Crippen LogP contribution is -2.61. The molecule has 8 heteroatoms. The molecule has 1 aromatic carbocycles. The first-order valence-electron chi connectivity index (χ1n) is 13.1. The van der Waals surface area contributed by atoms with E-state index in [0.29, 0.717) is 24.4 Å². The van der Waals surface area contributed by atoms with Gasteiger partial charge in [0, 0.05) is 12.6 Å². The van der Waals surface area contributed by atoms with Crippen molar-refractivity contribution in [2.45, 2.75) is 82.8 Å². The lowest BCUT2D eigenvalue weighted by Gasteiger charge is -2.36. The van der Waals surface area contributed by atoms with Crippen molar-refractivity contribution in [3.8, 4) is 5.69 Å². The molecule has 2 saturated heterocycles. The van der Waals surface area contributed by atoms with Crippen LogP contribution in [-0.4, -0.2) is 57.1 Å². The maximum Gasteiger partial charge on any atom is 0.255 e. The van der Waals surface area contributed by atoms with E-state index >= 15 is 0 Å². The molecule has 186 valence electrons. The first-order valence-corrected chi connectivity index (χ1v) is 13.1. The first kappa shape index (κ1) is 23.6. The minimum Gasteiger partial charge on any atom is -0.347 e. The van der Waals surface area contributed by atoms with E-state index in [1.165, 1.54) is 19.3 Å². The van der Waals surface area contributed by atoms with E-state index in [2.05, 4.69) is 22.7 Å². The molecule has 0 bridgehead atoms. The molecule has 0 spiro atoms.